The number of fused-ring (bicyclic) bond motifs is 2. The fourth-order valence-corrected chi connectivity index (χ4v) is 4.17. The maximum atomic E-state index is 4.91. The lowest BCUT2D eigenvalue weighted by atomic mass is 10.1. The van der Waals surface area contributed by atoms with Crippen molar-refractivity contribution in [2.75, 3.05) is 18.0 Å². The summed E-state index contributed by atoms with van der Waals surface area (Å²) < 4.78 is 0. The lowest BCUT2D eigenvalue weighted by Crippen LogP contribution is -2.30. The second-order valence-electron chi connectivity index (χ2n) is 7.59. The van der Waals surface area contributed by atoms with Gasteiger partial charge < -0.3 is 9.88 Å². The lowest BCUT2D eigenvalue weighted by molar-refractivity contribution is 0.574. The Hall–Kier alpha value is -3.81. The highest BCUT2D eigenvalue weighted by atomic mass is 15.2. The maximum Gasteiger partial charge on any atom is 0.159 e. The Morgan fingerprint density at radius 3 is 2.70 bits per heavy atom. The molecule has 148 valence electrons. The van der Waals surface area contributed by atoms with Gasteiger partial charge in [-0.2, -0.15) is 5.10 Å². The van der Waals surface area contributed by atoms with Gasteiger partial charge in [0.15, 0.2) is 11.6 Å². The van der Waals surface area contributed by atoms with Crippen molar-refractivity contribution in [1.29, 1.82) is 0 Å². The van der Waals surface area contributed by atoms with Gasteiger partial charge >= 0.3 is 0 Å². The predicted molar refractivity (Wildman–Crippen MR) is 116 cm³/mol. The van der Waals surface area contributed by atoms with Gasteiger partial charge in [0.25, 0.3) is 0 Å². The summed E-state index contributed by atoms with van der Waals surface area (Å²) in [6.45, 7) is 2.06. The van der Waals surface area contributed by atoms with E-state index in [0.717, 1.165) is 63.6 Å². The van der Waals surface area contributed by atoms with Crippen LogP contribution in [0.1, 0.15) is 19.3 Å². The zero-order chi connectivity index (χ0) is 19.9. The van der Waals surface area contributed by atoms with Gasteiger partial charge in [0.05, 0.1) is 22.9 Å². The largest absolute Gasteiger partial charge is 0.355 e. The van der Waals surface area contributed by atoms with Crippen LogP contribution in [0.15, 0.2) is 49.1 Å². The Morgan fingerprint density at radius 2 is 1.83 bits per heavy atom. The van der Waals surface area contributed by atoms with Crippen molar-refractivity contribution in [1.82, 2.24) is 35.1 Å². The quantitative estimate of drug-likeness (QED) is 0.479. The number of aromatic amines is 2. The van der Waals surface area contributed by atoms with Crippen molar-refractivity contribution in [3.05, 3.63) is 49.1 Å². The summed E-state index contributed by atoms with van der Waals surface area (Å²) in [5, 5.41) is 8.66. The molecule has 5 heterocycles. The molecule has 6 rings (SSSR count). The molecule has 1 aliphatic heterocycles. The number of pyridine rings is 1. The van der Waals surface area contributed by atoms with E-state index >= 15 is 0 Å². The Morgan fingerprint density at radius 1 is 0.900 bits per heavy atom. The van der Waals surface area contributed by atoms with E-state index in [9.17, 15) is 0 Å². The molecule has 0 bridgehead atoms. The molecule has 0 unspecified atom stereocenters. The van der Waals surface area contributed by atoms with Gasteiger partial charge in [0.1, 0.15) is 11.2 Å². The summed E-state index contributed by atoms with van der Waals surface area (Å²) in [6, 6.07) is 8.08. The van der Waals surface area contributed by atoms with Crippen LogP contribution in [0.25, 0.3) is 44.7 Å². The van der Waals surface area contributed by atoms with Crippen LogP contribution in [0.5, 0.6) is 0 Å². The van der Waals surface area contributed by atoms with Gasteiger partial charge in [-0.05, 0) is 37.5 Å². The van der Waals surface area contributed by atoms with Crippen LogP contribution in [0.2, 0.25) is 0 Å². The second-order valence-corrected chi connectivity index (χ2v) is 7.59. The first kappa shape index (κ1) is 17.1. The van der Waals surface area contributed by atoms with Crippen molar-refractivity contribution in [3.8, 4) is 22.8 Å². The monoisotopic (exact) mass is 396 g/mol. The van der Waals surface area contributed by atoms with E-state index in [0.29, 0.717) is 0 Å². The Kier molecular flexibility index (Phi) is 3.93. The molecule has 2 N–H and O–H groups in total. The number of nitrogens with zero attached hydrogens (tertiary/aromatic N) is 6. The Bertz CT molecular complexity index is 1330. The average Bonchev–Trinajstić information content (AvgIpc) is 3.43. The molecule has 0 aliphatic carbocycles. The molecule has 1 aliphatic rings. The van der Waals surface area contributed by atoms with Gasteiger partial charge in [0.2, 0.25) is 0 Å². The first-order chi connectivity index (χ1) is 14.9. The molecule has 0 amide bonds. The molecule has 0 saturated carbocycles. The number of rotatable bonds is 3. The summed E-state index contributed by atoms with van der Waals surface area (Å²) in [5.74, 6) is 1.69. The molecule has 1 saturated heterocycles. The third-order valence-electron chi connectivity index (χ3n) is 5.68. The highest BCUT2D eigenvalue weighted by Gasteiger charge is 2.19. The van der Waals surface area contributed by atoms with Gasteiger partial charge in [-0.25, -0.2) is 9.97 Å². The first-order valence-corrected chi connectivity index (χ1v) is 10.2. The van der Waals surface area contributed by atoms with E-state index in [1.165, 1.54) is 19.3 Å². The molecule has 0 atom stereocenters. The average molecular weight is 396 g/mol. The van der Waals surface area contributed by atoms with Crippen LogP contribution in [0.3, 0.4) is 0 Å². The van der Waals surface area contributed by atoms with Gasteiger partial charge in [-0.1, -0.05) is 6.07 Å². The fourth-order valence-electron chi connectivity index (χ4n) is 4.17. The number of hydrogen-bond acceptors (Lipinski definition) is 6. The molecule has 5 aromatic rings. The fraction of sp³-hybridized carbons (Fsp3) is 0.227. The van der Waals surface area contributed by atoms with Crippen molar-refractivity contribution < 1.29 is 0 Å². The van der Waals surface area contributed by atoms with Crippen molar-refractivity contribution in [2.24, 2.45) is 0 Å². The molecule has 8 nitrogen and oxygen atoms in total. The SMILES string of the molecule is c1cnc(-c2ccc3[nH]nc(-c4nc5c(N6CCCCC6)nccc5[nH]4)c3c2)cn1. The van der Waals surface area contributed by atoms with E-state index in [4.69, 9.17) is 4.98 Å². The molecule has 0 spiro atoms. The highest BCUT2D eigenvalue weighted by molar-refractivity contribution is 5.96. The smallest absolute Gasteiger partial charge is 0.159 e. The van der Waals surface area contributed by atoms with Crippen LogP contribution in [-0.2, 0) is 0 Å². The molecule has 8 heteroatoms. The van der Waals surface area contributed by atoms with E-state index in [1.54, 1.807) is 18.6 Å². The number of H-pyrrole nitrogens is 2. The third kappa shape index (κ3) is 2.80. The number of imidazole rings is 1. The summed E-state index contributed by atoms with van der Waals surface area (Å²) in [7, 11) is 0. The molecule has 30 heavy (non-hydrogen) atoms. The third-order valence-corrected chi connectivity index (χ3v) is 5.68. The minimum atomic E-state index is 0.735. The molecular weight excluding hydrogens is 376 g/mol. The van der Waals surface area contributed by atoms with Gasteiger partial charge in [-0.15, -0.1) is 0 Å². The van der Waals surface area contributed by atoms with Crippen molar-refractivity contribution in [2.45, 2.75) is 19.3 Å². The summed E-state index contributed by atoms with van der Waals surface area (Å²) in [6.07, 6.45) is 10.7. The zero-order valence-corrected chi connectivity index (χ0v) is 16.3. The van der Waals surface area contributed by atoms with Crippen molar-refractivity contribution >= 4 is 27.8 Å². The standard InChI is InChI=1S/C22H20N8/c1-2-10-30(11-3-1)22-20-17(6-7-25-22)26-21(27-20)19-15-12-14(4-5-16(15)28-29-19)18-13-23-8-9-24-18/h4-9,12-13H,1-3,10-11H2,(H,26,27)(H,28,29). The normalized spacial score (nSPS) is 14.6. The highest BCUT2D eigenvalue weighted by Crippen LogP contribution is 2.32. The zero-order valence-electron chi connectivity index (χ0n) is 16.3. The molecular formula is C22H20N8. The summed E-state index contributed by atoms with van der Waals surface area (Å²) >= 11 is 0. The lowest BCUT2D eigenvalue weighted by Gasteiger charge is -2.27. The van der Waals surface area contributed by atoms with Crippen LogP contribution in [0.4, 0.5) is 5.82 Å². The Labute approximate surface area is 172 Å². The maximum absolute atomic E-state index is 4.91. The van der Waals surface area contributed by atoms with Crippen LogP contribution >= 0.6 is 0 Å². The summed E-state index contributed by atoms with van der Waals surface area (Å²) in [4.78, 5) is 23.9. The van der Waals surface area contributed by atoms with E-state index < -0.39 is 0 Å². The van der Waals surface area contributed by atoms with E-state index in [1.807, 2.05) is 24.4 Å². The number of piperidine rings is 1. The number of anilines is 1. The summed E-state index contributed by atoms with van der Waals surface area (Å²) in [5.41, 5.74) is 5.43. The predicted octanol–water partition coefficient (Wildman–Crippen LogP) is 3.95. The number of nitrogens with one attached hydrogen (secondary N) is 2. The van der Waals surface area contributed by atoms with Gasteiger partial charge in [-0.3, -0.25) is 15.1 Å². The topological polar surface area (TPSA) is 99.3 Å². The molecule has 1 aromatic carbocycles. The minimum Gasteiger partial charge on any atom is -0.355 e. The number of aromatic nitrogens is 7. The molecule has 0 radical (unpaired) electrons. The van der Waals surface area contributed by atoms with Gasteiger partial charge in [0, 0.05) is 42.6 Å². The first-order valence-electron chi connectivity index (χ1n) is 10.2. The van der Waals surface area contributed by atoms with Crippen LogP contribution < -0.4 is 4.90 Å². The molecule has 1 fully saturated rings. The van der Waals surface area contributed by atoms with Crippen molar-refractivity contribution in [3.63, 3.8) is 0 Å². The number of benzene rings is 1. The Balaban J connectivity index is 1.47. The molecule has 4 aromatic heterocycles. The van der Waals surface area contributed by atoms with E-state index in [-0.39, 0.29) is 0 Å². The van der Waals surface area contributed by atoms with Crippen LogP contribution in [-0.4, -0.2) is 48.2 Å². The van der Waals surface area contributed by atoms with E-state index in [2.05, 4.69) is 41.1 Å². The number of hydrogen-bond donors (Lipinski definition) is 2. The second kappa shape index (κ2) is 6.91. The minimum absolute atomic E-state index is 0.735. The van der Waals surface area contributed by atoms with Crippen LogP contribution in [0, 0.1) is 0 Å².